The van der Waals surface area contributed by atoms with Gasteiger partial charge >= 0.3 is 5.97 Å². The number of benzene rings is 2. The highest BCUT2D eigenvalue weighted by molar-refractivity contribution is 7.16. The summed E-state index contributed by atoms with van der Waals surface area (Å²) in [5.74, 6) is -1.32. The van der Waals surface area contributed by atoms with E-state index in [9.17, 15) is 19.5 Å². The third-order valence-electron chi connectivity index (χ3n) is 4.81. The van der Waals surface area contributed by atoms with Crippen LogP contribution in [-0.2, 0) is 20.9 Å². The summed E-state index contributed by atoms with van der Waals surface area (Å²) in [5, 5.41) is 12.2. The van der Waals surface area contributed by atoms with Crippen LogP contribution in [0.25, 0.3) is 0 Å². The second-order valence-corrected chi connectivity index (χ2v) is 9.10. The molecule has 0 aliphatic carbocycles. The van der Waals surface area contributed by atoms with Crippen LogP contribution in [0.2, 0.25) is 4.34 Å². The molecule has 2 aromatic carbocycles. The number of thiophene rings is 1. The molecule has 2 amide bonds. The average molecular weight is 487 g/mol. The predicted octanol–water partition coefficient (Wildman–Crippen LogP) is 4.17. The van der Waals surface area contributed by atoms with Gasteiger partial charge in [0.05, 0.1) is 23.3 Å². The average Bonchev–Trinajstić information content (AvgIpc) is 3.22. The molecule has 3 rings (SSSR count). The van der Waals surface area contributed by atoms with Gasteiger partial charge in [-0.15, -0.1) is 11.3 Å². The van der Waals surface area contributed by atoms with Crippen molar-refractivity contribution >= 4 is 40.7 Å². The molecule has 0 aliphatic heterocycles. The molecular weight excluding hydrogens is 464 g/mol. The van der Waals surface area contributed by atoms with E-state index in [4.69, 9.17) is 16.3 Å². The number of hydrogen-bond donors (Lipinski definition) is 2. The number of carbonyl (C=O) groups is 3. The number of nitrogens with zero attached hydrogens (tertiary/aromatic N) is 1. The third-order valence-corrected chi connectivity index (χ3v) is 6.03. The van der Waals surface area contributed by atoms with E-state index in [1.165, 1.54) is 40.5 Å². The summed E-state index contributed by atoms with van der Waals surface area (Å²) in [6, 6.07) is 17.8. The number of halogens is 1. The molecule has 0 saturated carbocycles. The normalized spacial score (nSPS) is 11.5. The lowest BCUT2D eigenvalue weighted by Gasteiger charge is -2.20. The molecule has 172 valence electrons. The third kappa shape index (κ3) is 7.34. The molecule has 0 fully saturated rings. The zero-order valence-corrected chi connectivity index (χ0v) is 19.4. The minimum atomic E-state index is -0.652. The molecular formula is C24H23ClN2O5S. The highest BCUT2D eigenvalue weighted by Gasteiger charge is 2.21. The minimum absolute atomic E-state index is 0.0477. The molecule has 3 aromatic rings. The number of rotatable bonds is 9. The van der Waals surface area contributed by atoms with E-state index >= 15 is 0 Å². The zero-order valence-electron chi connectivity index (χ0n) is 17.9. The minimum Gasteiger partial charge on any atom is -0.508 e. The Morgan fingerprint density at radius 1 is 1.06 bits per heavy atom. The van der Waals surface area contributed by atoms with Gasteiger partial charge < -0.3 is 20.1 Å². The van der Waals surface area contributed by atoms with Crippen LogP contribution in [0.4, 0.5) is 0 Å². The summed E-state index contributed by atoms with van der Waals surface area (Å²) >= 11 is 7.29. The molecule has 0 radical (unpaired) electrons. The first-order chi connectivity index (χ1) is 15.8. The molecule has 9 heteroatoms. The van der Waals surface area contributed by atoms with Crippen LogP contribution in [0, 0.1) is 0 Å². The Bertz CT molecular complexity index is 1100. The van der Waals surface area contributed by atoms with E-state index in [0.29, 0.717) is 16.4 Å². The Balaban J connectivity index is 1.58. The predicted molar refractivity (Wildman–Crippen MR) is 126 cm³/mol. The second kappa shape index (κ2) is 11.5. The van der Waals surface area contributed by atoms with Crippen molar-refractivity contribution in [2.45, 2.75) is 19.0 Å². The Morgan fingerprint density at radius 3 is 2.39 bits per heavy atom. The lowest BCUT2D eigenvalue weighted by molar-refractivity contribution is -0.152. The van der Waals surface area contributed by atoms with E-state index in [2.05, 4.69) is 5.32 Å². The van der Waals surface area contributed by atoms with Crippen molar-refractivity contribution in [1.82, 2.24) is 10.2 Å². The summed E-state index contributed by atoms with van der Waals surface area (Å²) in [4.78, 5) is 39.8. The number of nitrogens with one attached hydrogen (secondary N) is 1. The van der Waals surface area contributed by atoms with Gasteiger partial charge in [0.15, 0.2) is 6.61 Å². The van der Waals surface area contributed by atoms with Crippen LogP contribution in [0.5, 0.6) is 5.75 Å². The monoisotopic (exact) mass is 486 g/mol. The first kappa shape index (κ1) is 24.3. The molecule has 2 N–H and O–H groups in total. The number of aromatic hydroxyl groups is 1. The quantitative estimate of drug-likeness (QED) is 0.442. The van der Waals surface area contributed by atoms with E-state index in [0.717, 1.165) is 10.4 Å². The lowest BCUT2D eigenvalue weighted by atomic mass is 10.0. The van der Waals surface area contributed by atoms with Crippen LogP contribution >= 0.6 is 22.9 Å². The van der Waals surface area contributed by atoms with Gasteiger partial charge in [0.2, 0.25) is 0 Å². The summed E-state index contributed by atoms with van der Waals surface area (Å²) in [7, 11) is 1.62. The van der Waals surface area contributed by atoms with Crippen molar-refractivity contribution in [2.75, 3.05) is 13.7 Å². The molecule has 0 saturated heterocycles. The molecule has 0 bridgehead atoms. The van der Waals surface area contributed by atoms with Crippen LogP contribution in [0.15, 0.2) is 66.7 Å². The molecule has 7 nitrogen and oxygen atoms in total. The van der Waals surface area contributed by atoms with E-state index in [-0.39, 0.29) is 18.1 Å². The number of carbonyl (C=O) groups excluding carboxylic acids is 3. The van der Waals surface area contributed by atoms with Gasteiger partial charge in [-0.05, 0) is 42.0 Å². The Hall–Kier alpha value is -3.36. The number of phenolic OH excluding ortho intramolecular Hbond substituents is 1. The van der Waals surface area contributed by atoms with Gasteiger partial charge in [-0.25, -0.2) is 0 Å². The maximum atomic E-state index is 12.6. The van der Waals surface area contributed by atoms with Gasteiger partial charge in [0.25, 0.3) is 11.8 Å². The highest BCUT2D eigenvalue weighted by Crippen LogP contribution is 2.22. The maximum absolute atomic E-state index is 12.6. The van der Waals surface area contributed by atoms with Gasteiger partial charge in [0.1, 0.15) is 5.75 Å². The maximum Gasteiger partial charge on any atom is 0.308 e. The number of likely N-dealkylation sites (N-methyl/N-ethyl adjacent to an activating group) is 1. The fourth-order valence-electron chi connectivity index (χ4n) is 3.03. The SMILES string of the molecule is CN(Cc1ccc(Cl)s1)C(=O)COC(=O)CC(NC(=O)c1ccc(O)cc1)c1ccccc1. The van der Waals surface area contributed by atoms with Crippen molar-refractivity contribution in [2.24, 2.45) is 0 Å². The largest absolute Gasteiger partial charge is 0.508 e. The van der Waals surface area contributed by atoms with Gasteiger partial charge in [-0.3, -0.25) is 14.4 Å². The number of phenols is 1. The first-order valence-electron chi connectivity index (χ1n) is 10.1. The highest BCUT2D eigenvalue weighted by atomic mass is 35.5. The molecule has 1 heterocycles. The number of esters is 1. The number of ether oxygens (including phenoxy) is 1. The van der Waals surface area contributed by atoms with Gasteiger partial charge in [0, 0.05) is 17.5 Å². The summed E-state index contributed by atoms with van der Waals surface area (Å²) in [5.41, 5.74) is 1.06. The van der Waals surface area contributed by atoms with Crippen LogP contribution in [0.1, 0.15) is 33.3 Å². The van der Waals surface area contributed by atoms with Crippen LogP contribution in [0.3, 0.4) is 0 Å². The number of amides is 2. The summed E-state index contributed by atoms with van der Waals surface area (Å²) in [6.07, 6.45) is -0.147. The fourth-order valence-corrected chi connectivity index (χ4v) is 4.17. The van der Waals surface area contributed by atoms with Gasteiger partial charge in [-0.2, -0.15) is 0 Å². The van der Waals surface area contributed by atoms with Crippen molar-refractivity contribution in [3.05, 3.63) is 87.1 Å². The standard InChI is InChI=1S/C24H23ClN2O5S/c1-27(14-19-11-12-21(25)33-19)22(29)15-32-23(30)13-20(16-5-3-2-4-6-16)26-24(31)17-7-9-18(28)10-8-17/h2-12,20,28H,13-15H2,1H3,(H,26,31). The molecule has 1 aromatic heterocycles. The van der Waals surface area contributed by atoms with Crippen LogP contribution < -0.4 is 5.32 Å². The van der Waals surface area contributed by atoms with Crippen LogP contribution in [-0.4, -0.2) is 41.4 Å². The molecule has 0 aliphatic rings. The first-order valence-corrected chi connectivity index (χ1v) is 11.3. The fraction of sp³-hybridized carbons (Fsp3) is 0.208. The van der Waals surface area contributed by atoms with E-state index in [1.54, 1.807) is 37.4 Å². The zero-order chi connectivity index (χ0) is 23.8. The van der Waals surface area contributed by atoms with E-state index in [1.807, 2.05) is 12.1 Å². The van der Waals surface area contributed by atoms with Crippen molar-refractivity contribution in [1.29, 1.82) is 0 Å². The van der Waals surface area contributed by atoms with Crippen molar-refractivity contribution in [3.8, 4) is 5.75 Å². The Labute approximate surface area is 200 Å². The van der Waals surface area contributed by atoms with Crippen molar-refractivity contribution in [3.63, 3.8) is 0 Å². The Morgan fingerprint density at radius 2 is 1.76 bits per heavy atom. The molecule has 1 unspecified atom stereocenters. The molecule has 0 spiro atoms. The van der Waals surface area contributed by atoms with Gasteiger partial charge in [-0.1, -0.05) is 41.9 Å². The number of hydrogen-bond acceptors (Lipinski definition) is 6. The smallest absolute Gasteiger partial charge is 0.308 e. The Kier molecular flexibility index (Phi) is 8.46. The molecule has 1 atom stereocenters. The second-order valence-electron chi connectivity index (χ2n) is 7.30. The van der Waals surface area contributed by atoms with E-state index < -0.39 is 24.5 Å². The topological polar surface area (TPSA) is 95.9 Å². The lowest BCUT2D eigenvalue weighted by Crippen LogP contribution is -2.33. The molecule has 33 heavy (non-hydrogen) atoms. The summed E-state index contributed by atoms with van der Waals surface area (Å²) < 4.78 is 5.82. The van der Waals surface area contributed by atoms with Crippen molar-refractivity contribution < 1.29 is 24.2 Å². The summed E-state index contributed by atoms with van der Waals surface area (Å²) in [6.45, 7) is -0.0367.